The maximum Gasteiger partial charge on any atom is 0.251 e. The summed E-state index contributed by atoms with van der Waals surface area (Å²) in [5.41, 5.74) is 2.76. The summed E-state index contributed by atoms with van der Waals surface area (Å²) in [6, 6.07) is 29.1. The molecule has 10 heteroatoms. The van der Waals surface area contributed by atoms with Crippen molar-refractivity contribution in [2.24, 2.45) is 0 Å². The van der Waals surface area contributed by atoms with E-state index in [2.05, 4.69) is 48.4 Å². The van der Waals surface area contributed by atoms with Gasteiger partial charge in [-0.3, -0.25) is 4.79 Å². The highest BCUT2D eigenvalue weighted by Crippen LogP contribution is 2.15. The Morgan fingerprint density at radius 3 is 1.82 bits per heavy atom. The monoisotopic (exact) mass is 541 g/mol. The Labute approximate surface area is 234 Å². The number of nitrogens with one attached hydrogen (secondary N) is 4. The van der Waals surface area contributed by atoms with Crippen molar-refractivity contribution in [3.05, 3.63) is 102 Å². The molecule has 0 aliphatic carbocycles. The van der Waals surface area contributed by atoms with Gasteiger partial charge in [-0.15, -0.1) is 0 Å². The van der Waals surface area contributed by atoms with Gasteiger partial charge in [0.1, 0.15) is 0 Å². The predicted octanol–water partition coefficient (Wildman–Crippen LogP) is 4.14. The second kappa shape index (κ2) is 16.4. The van der Waals surface area contributed by atoms with Crippen molar-refractivity contribution in [1.29, 1.82) is 0 Å². The first kappa shape index (κ1) is 28.5. The lowest BCUT2D eigenvalue weighted by Gasteiger charge is -2.12. The van der Waals surface area contributed by atoms with Gasteiger partial charge in [0, 0.05) is 30.9 Å². The molecule has 0 atom stereocenters. The summed E-state index contributed by atoms with van der Waals surface area (Å²) in [6.07, 6.45) is 0.853. The van der Waals surface area contributed by atoms with Gasteiger partial charge in [-0.25, -0.2) is 0 Å². The zero-order chi connectivity index (χ0) is 27.7. The number of rotatable bonds is 17. The van der Waals surface area contributed by atoms with Gasteiger partial charge in [0.05, 0.1) is 26.4 Å². The van der Waals surface area contributed by atoms with Gasteiger partial charge in [0.25, 0.3) is 5.91 Å². The maximum absolute atomic E-state index is 12.0. The van der Waals surface area contributed by atoms with Gasteiger partial charge in [0.2, 0.25) is 17.8 Å². The Kier molecular flexibility index (Phi) is 11.7. The van der Waals surface area contributed by atoms with Crippen molar-refractivity contribution in [2.75, 3.05) is 62.0 Å². The largest absolute Gasteiger partial charge is 0.377 e. The number of hydrogen-bond acceptors (Lipinski definition) is 9. The highest BCUT2D eigenvalue weighted by Gasteiger charge is 2.07. The van der Waals surface area contributed by atoms with Crippen LogP contribution in [0.3, 0.4) is 0 Å². The van der Waals surface area contributed by atoms with E-state index in [-0.39, 0.29) is 5.91 Å². The smallest absolute Gasteiger partial charge is 0.251 e. The number of carbonyl (C=O) groups excluding carboxylic acids is 1. The molecule has 40 heavy (non-hydrogen) atoms. The van der Waals surface area contributed by atoms with Crippen LogP contribution in [0, 0.1) is 0 Å². The summed E-state index contributed by atoms with van der Waals surface area (Å²) < 4.78 is 11.2. The Morgan fingerprint density at radius 1 is 0.600 bits per heavy atom. The van der Waals surface area contributed by atoms with E-state index in [4.69, 9.17) is 9.47 Å². The number of aromatic nitrogens is 3. The Balaban J connectivity index is 1.16. The van der Waals surface area contributed by atoms with E-state index in [1.165, 1.54) is 5.56 Å². The molecule has 0 fully saturated rings. The SMILES string of the molecule is O=C(NCCOCCOCCNc1nc(NCCc2ccccc2)nc(Nc2ccccc2)n1)c1ccccc1. The van der Waals surface area contributed by atoms with Gasteiger partial charge in [-0.1, -0.05) is 66.7 Å². The highest BCUT2D eigenvalue weighted by molar-refractivity contribution is 5.94. The summed E-state index contributed by atoms with van der Waals surface area (Å²) in [4.78, 5) is 25.5. The molecule has 10 nitrogen and oxygen atoms in total. The normalized spacial score (nSPS) is 10.6. The van der Waals surface area contributed by atoms with Gasteiger partial charge in [0.15, 0.2) is 0 Å². The van der Waals surface area contributed by atoms with Crippen LogP contribution >= 0.6 is 0 Å². The first-order valence-corrected chi connectivity index (χ1v) is 13.3. The number of para-hydroxylation sites is 1. The van der Waals surface area contributed by atoms with E-state index in [0.29, 0.717) is 69.5 Å². The summed E-state index contributed by atoms with van der Waals surface area (Å²) >= 11 is 0. The molecule has 208 valence electrons. The predicted molar refractivity (Wildman–Crippen MR) is 157 cm³/mol. The van der Waals surface area contributed by atoms with Crippen LogP contribution in [0.15, 0.2) is 91.0 Å². The van der Waals surface area contributed by atoms with E-state index in [1.807, 2.05) is 66.7 Å². The van der Waals surface area contributed by atoms with E-state index in [0.717, 1.165) is 12.1 Å². The third kappa shape index (κ3) is 10.3. The molecule has 0 spiro atoms. The quantitative estimate of drug-likeness (QED) is 0.146. The van der Waals surface area contributed by atoms with Gasteiger partial charge in [-0.05, 0) is 36.2 Å². The Bertz CT molecular complexity index is 1280. The number of amides is 1. The summed E-state index contributed by atoms with van der Waals surface area (Å²) in [6.45, 7) is 3.41. The highest BCUT2D eigenvalue weighted by atomic mass is 16.5. The van der Waals surface area contributed by atoms with Crippen LogP contribution in [-0.4, -0.2) is 66.9 Å². The lowest BCUT2D eigenvalue weighted by Crippen LogP contribution is -2.27. The van der Waals surface area contributed by atoms with E-state index >= 15 is 0 Å². The van der Waals surface area contributed by atoms with Gasteiger partial charge < -0.3 is 30.7 Å². The molecule has 0 saturated carbocycles. The first-order valence-electron chi connectivity index (χ1n) is 13.3. The lowest BCUT2D eigenvalue weighted by atomic mass is 10.1. The van der Waals surface area contributed by atoms with Crippen molar-refractivity contribution >= 4 is 29.4 Å². The number of nitrogens with zero attached hydrogens (tertiary/aromatic N) is 3. The molecular formula is C30H35N7O3. The summed E-state index contributed by atoms with van der Waals surface area (Å²) in [7, 11) is 0. The molecule has 0 aliphatic heterocycles. The van der Waals surface area contributed by atoms with Gasteiger partial charge >= 0.3 is 0 Å². The van der Waals surface area contributed by atoms with Crippen LogP contribution < -0.4 is 21.3 Å². The maximum atomic E-state index is 12.0. The average Bonchev–Trinajstić information content (AvgIpc) is 2.99. The van der Waals surface area contributed by atoms with Crippen LogP contribution in [0.4, 0.5) is 23.5 Å². The molecule has 4 N–H and O–H groups in total. The Hall–Kier alpha value is -4.54. The van der Waals surface area contributed by atoms with Crippen molar-refractivity contribution in [3.8, 4) is 0 Å². The van der Waals surface area contributed by atoms with Crippen LogP contribution in [0.25, 0.3) is 0 Å². The zero-order valence-electron chi connectivity index (χ0n) is 22.4. The second-order valence-electron chi connectivity index (χ2n) is 8.73. The zero-order valence-corrected chi connectivity index (χ0v) is 22.4. The molecule has 0 aliphatic rings. The average molecular weight is 542 g/mol. The fourth-order valence-corrected chi connectivity index (χ4v) is 3.69. The standard InChI is InChI=1S/C30H35N7O3/c38-27(25-12-6-2-7-13-25)31-18-20-39-22-23-40-21-19-33-29-35-28(32-17-16-24-10-4-1-5-11-24)36-30(37-29)34-26-14-8-3-9-15-26/h1-15H,16-23H2,(H,31,38)(H3,32,33,34,35,36,37). The van der Waals surface area contributed by atoms with Crippen molar-refractivity contribution < 1.29 is 14.3 Å². The summed E-state index contributed by atoms with van der Waals surface area (Å²) in [5, 5.41) is 12.6. The number of carbonyl (C=O) groups is 1. The van der Waals surface area contributed by atoms with E-state index < -0.39 is 0 Å². The van der Waals surface area contributed by atoms with Crippen LogP contribution in [0.1, 0.15) is 15.9 Å². The molecule has 1 aromatic heterocycles. The fraction of sp³-hybridized carbons (Fsp3) is 0.267. The minimum Gasteiger partial charge on any atom is -0.377 e. The van der Waals surface area contributed by atoms with Gasteiger partial charge in [-0.2, -0.15) is 15.0 Å². The molecule has 1 heterocycles. The van der Waals surface area contributed by atoms with E-state index in [1.54, 1.807) is 12.1 Å². The molecule has 0 unspecified atom stereocenters. The number of hydrogen-bond donors (Lipinski definition) is 4. The molecule has 4 rings (SSSR count). The number of anilines is 4. The molecule has 0 radical (unpaired) electrons. The van der Waals surface area contributed by atoms with Crippen molar-refractivity contribution in [2.45, 2.75) is 6.42 Å². The van der Waals surface area contributed by atoms with Crippen LogP contribution in [-0.2, 0) is 15.9 Å². The molecular weight excluding hydrogens is 506 g/mol. The minimum absolute atomic E-state index is 0.110. The van der Waals surface area contributed by atoms with Crippen molar-refractivity contribution in [3.63, 3.8) is 0 Å². The minimum atomic E-state index is -0.110. The third-order valence-electron chi connectivity index (χ3n) is 5.67. The second-order valence-corrected chi connectivity index (χ2v) is 8.73. The third-order valence-corrected chi connectivity index (χ3v) is 5.67. The molecule has 1 amide bonds. The summed E-state index contributed by atoms with van der Waals surface area (Å²) in [5.74, 6) is 1.27. The fourth-order valence-electron chi connectivity index (χ4n) is 3.69. The molecule has 4 aromatic rings. The number of benzene rings is 3. The Morgan fingerprint density at radius 2 is 1.15 bits per heavy atom. The lowest BCUT2D eigenvalue weighted by molar-refractivity contribution is 0.0519. The number of ether oxygens (including phenoxy) is 2. The first-order chi connectivity index (χ1) is 19.8. The molecule has 3 aromatic carbocycles. The van der Waals surface area contributed by atoms with Crippen molar-refractivity contribution in [1.82, 2.24) is 20.3 Å². The van der Waals surface area contributed by atoms with Crippen LogP contribution in [0.5, 0.6) is 0 Å². The molecule has 0 bridgehead atoms. The van der Waals surface area contributed by atoms with E-state index in [9.17, 15) is 4.79 Å². The molecule has 0 saturated heterocycles. The van der Waals surface area contributed by atoms with Crippen LogP contribution in [0.2, 0.25) is 0 Å². The topological polar surface area (TPSA) is 122 Å².